The molecule has 0 spiro atoms. The van der Waals surface area contributed by atoms with Crippen molar-refractivity contribution < 1.29 is 14.3 Å². The molecular formula is C24H21N5O3. The highest BCUT2D eigenvalue weighted by molar-refractivity contribution is 5.92. The number of aromatic nitrogens is 2. The van der Waals surface area contributed by atoms with Crippen LogP contribution < -0.4 is 15.4 Å². The standard InChI is InChI=1S/C24H21N5O3/c1-3-31-24(30)28-21-15-29-23(16(21)2)22(17(13-25)14-26-29)27-18-9-11-20(12-10-18)32-19-7-5-4-6-8-19/h4-12,14-15,27H,3H2,1-2H3,(H,28,30). The van der Waals surface area contributed by atoms with Crippen LogP contribution in [0.2, 0.25) is 0 Å². The number of anilines is 3. The Bertz CT molecular complexity index is 1290. The molecule has 0 aliphatic rings. The van der Waals surface area contributed by atoms with E-state index in [1.165, 1.54) is 6.20 Å². The number of rotatable bonds is 6. The molecule has 4 rings (SSSR count). The summed E-state index contributed by atoms with van der Waals surface area (Å²) in [6.07, 6.45) is 2.62. The van der Waals surface area contributed by atoms with Gasteiger partial charge in [0, 0.05) is 11.3 Å². The Morgan fingerprint density at radius 2 is 1.84 bits per heavy atom. The molecule has 0 aliphatic carbocycles. The van der Waals surface area contributed by atoms with Gasteiger partial charge in [-0.2, -0.15) is 10.4 Å². The number of benzene rings is 2. The van der Waals surface area contributed by atoms with E-state index in [4.69, 9.17) is 9.47 Å². The van der Waals surface area contributed by atoms with Crippen LogP contribution in [0.5, 0.6) is 11.5 Å². The lowest BCUT2D eigenvalue weighted by Crippen LogP contribution is -2.13. The zero-order chi connectivity index (χ0) is 22.5. The zero-order valence-electron chi connectivity index (χ0n) is 17.6. The van der Waals surface area contributed by atoms with Gasteiger partial charge in [-0.05, 0) is 50.2 Å². The van der Waals surface area contributed by atoms with Gasteiger partial charge in [0.15, 0.2) is 0 Å². The summed E-state index contributed by atoms with van der Waals surface area (Å²) in [7, 11) is 0. The first kappa shape index (κ1) is 20.8. The molecule has 4 aromatic rings. The number of hydrogen-bond acceptors (Lipinski definition) is 6. The lowest BCUT2D eigenvalue weighted by Gasteiger charge is -2.12. The third-order valence-electron chi connectivity index (χ3n) is 4.79. The first-order valence-corrected chi connectivity index (χ1v) is 10.0. The molecule has 2 aromatic heterocycles. The summed E-state index contributed by atoms with van der Waals surface area (Å²) in [5.41, 5.74) is 3.74. The molecule has 160 valence electrons. The molecular weight excluding hydrogens is 406 g/mol. The van der Waals surface area contributed by atoms with Crippen molar-refractivity contribution in [3.8, 4) is 17.6 Å². The Labute approximate surface area is 185 Å². The van der Waals surface area contributed by atoms with E-state index in [2.05, 4.69) is 21.8 Å². The fourth-order valence-corrected chi connectivity index (χ4v) is 3.28. The lowest BCUT2D eigenvalue weighted by molar-refractivity contribution is 0.168. The summed E-state index contributed by atoms with van der Waals surface area (Å²) >= 11 is 0. The number of fused-ring (bicyclic) bond motifs is 1. The van der Waals surface area contributed by atoms with Crippen LogP contribution in [0.1, 0.15) is 18.1 Å². The van der Waals surface area contributed by atoms with Gasteiger partial charge in [0.05, 0.1) is 41.5 Å². The van der Waals surface area contributed by atoms with E-state index >= 15 is 0 Å². The maximum absolute atomic E-state index is 11.9. The second kappa shape index (κ2) is 9.10. The average Bonchev–Trinajstić information content (AvgIpc) is 3.11. The topological polar surface area (TPSA) is 101 Å². The van der Waals surface area contributed by atoms with Crippen LogP contribution in [-0.2, 0) is 4.74 Å². The van der Waals surface area contributed by atoms with E-state index in [0.29, 0.717) is 28.2 Å². The molecule has 0 saturated carbocycles. The van der Waals surface area contributed by atoms with Gasteiger partial charge in [-0.25, -0.2) is 9.31 Å². The quantitative estimate of drug-likeness (QED) is 0.414. The number of amides is 1. The number of nitrogens with zero attached hydrogens (tertiary/aromatic N) is 3. The predicted octanol–water partition coefficient (Wildman–Crippen LogP) is 5.62. The number of aryl methyl sites for hydroxylation is 1. The molecule has 0 fully saturated rings. The van der Waals surface area contributed by atoms with Gasteiger partial charge in [0.2, 0.25) is 0 Å². The number of carbonyl (C=O) groups is 1. The third-order valence-corrected chi connectivity index (χ3v) is 4.79. The highest BCUT2D eigenvalue weighted by atomic mass is 16.5. The number of carbonyl (C=O) groups excluding carboxylic acids is 1. The van der Waals surface area contributed by atoms with Crippen molar-refractivity contribution in [2.24, 2.45) is 0 Å². The maximum Gasteiger partial charge on any atom is 0.411 e. The van der Waals surface area contributed by atoms with Crippen molar-refractivity contribution in [1.82, 2.24) is 9.61 Å². The first-order chi connectivity index (χ1) is 15.6. The molecule has 0 radical (unpaired) electrons. The minimum Gasteiger partial charge on any atom is -0.457 e. The summed E-state index contributed by atoms with van der Waals surface area (Å²) < 4.78 is 12.4. The monoisotopic (exact) mass is 427 g/mol. The number of para-hydroxylation sites is 1. The van der Waals surface area contributed by atoms with E-state index in [-0.39, 0.29) is 6.61 Å². The molecule has 2 heterocycles. The van der Waals surface area contributed by atoms with Crippen molar-refractivity contribution in [2.75, 3.05) is 17.2 Å². The van der Waals surface area contributed by atoms with Crippen molar-refractivity contribution >= 4 is 28.7 Å². The summed E-state index contributed by atoms with van der Waals surface area (Å²) in [5, 5.41) is 19.9. The van der Waals surface area contributed by atoms with Crippen molar-refractivity contribution in [2.45, 2.75) is 13.8 Å². The van der Waals surface area contributed by atoms with Crippen molar-refractivity contribution in [3.05, 3.63) is 78.1 Å². The normalized spacial score (nSPS) is 10.4. The molecule has 8 nitrogen and oxygen atoms in total. The molecule has 0 saturated heterocycles. The average molecular weight is 427 g/mol. The number of ether oxygens (including phenoxy) is 2. The van der Waals surface area contributed by atoms with E-state index in [0.717, 1.165) is 17.0 Å². The number of nitrogens with one attached hydrogen (secondary N) is 2. The molecule has 32 heavy (non-hydrogen) atoms. The van der Waals surface area contributed by atoms with E-state index in [1.807, 2.05) is 61.5 Å². The Morgan fingerprint density at radius 1 is 1.12 bits per heavy atom. The fourth-order valence-electron chi connectivity index (χ4n) is 3.28. The van der Waals surface area contributed by atoms with Gasteiger partial charge in [-0.3, -0.25) is 5.32 Å². The third kappa shape index (κ3) is 4.32. The molecule has 2 aromatic carbocycles. The zero-order valence-corrected chi connectivity index (χ0v) is 17.6. The summed E-state index contributed by atoms with van der Waals surface area (Å²) in [6, 6.07) is 19.1. The van der Waals surface area contributed by atoms with Crippen molar-refractivity contribution in [1.29, 1.82) is 5.26 Å². The molecule has 0 atom stereocenters. The van der Waals surface area contributed by atoms with Gasteiger partial charge in [-0.15, -0.1) is 0 Å². The van der Waals surface area contributed by atoms with Crippen LogP contribution in [-0.4, -0.2) is 22.3 Å². The minimum absolute atomic E-state index is 0.270. The second-order valence-electron chi connectivity index (χ2n) is 6.92. The fraction of sp³-hybridized carbons (Fsp3) is 0.125. The van der Waals surface area contributed by atoms with Crippen LogP contribution in [0.15, 0.2) is 67.0 Å². The predicted molar refractivity (Wildman–Crippen MR) is 122 cm³/mol. The molecule has 1 amide bonds. The van der Waals surface area contributed by atoms with Crippen LogP contribution in [0.3, 0.4) is 0 Å². The molecule has 0 unspecified atom stereocenters. The largest absolute Gasteiger partial charge is 0.457 e. The smallest absolute Gasteiger partial charge is 0.411 e. The van der Waals surface area contributed by atoms with Gasteiger partial charge >= 0.3 is 6.09 Å². The molecule has 2 N–H and O–H groups in total. The van der Waals surface area contributed by atoms with Gasteiger partial charge in [-0.1, -0.05) is 18.2 Å². The van der Waals surface area contributed by atoms with Crippen LogP contribution >= 0.6 is 0 Å². The summed E-state index contributed by atoms with van der Waals surface area (Å²) in [4.78, 5) is 11.9. The maximum atomic E-state index is 11.9. The highest BCUT2D eigenvalue weighted by Gasteiger charge is 2.17. The molecule has 8 heteroatoms. The Hall–Kier alpha value is -4.51. The number of hydrogen-bond donors (Lipinski definition) is 2. The SMILES string of the molecule is CCOC(=O)Nc1cn2ncc(C#N)c(Nc3ccc(Oc4ccccc4)cc3)c2c1C. The van der Waals surface area contributed by atoms with E-state index < -0.39 is 6.09 Å². The second-order valence-corrected chi connectivity index (χ2v) is 6.92. The van der Waals surface area contributed by atoms with E-state index in [9.17, 15) is 10.1 Å². The Balaban J connectivity index is 1.63. The van der Waals surface area contributed by atoms with Crippen LogP contribution in [0, 0.1) is 18.3 Å². The van der Waals surface area contributed by atoms with Gasteiger partial charge in [0.1, 0.15) is 17.6 Å². The summed E-state index contributed by atoms with van der Waals surface area (Å²) in [5.74, 6) is 1.45. The van der Waals surface area contributed by atoms with Crippen LogP contribution in [0.25, 0.3) is 5.52 Å². The molecule has 0 bridgehead atoms. The van der Waals surface area contributed by atoms with E-state index in [1.54, 1.807) is 17.6 Å². The minimum atomic E-state index is -0.546. The Kier molecular flexibility index (Phi) is 5.90. The van der Waals surface area contributed by atoms with Crippen LogP contribution in [0.4, 0.5) is 21.9 Å². The number of nitriles is 1. The van der Waals surface area contributed by atoms with Gasteiger partial charge < -0.3 is 14.8 Å². The molecule has 0 aliphatic heterocycles. The summed E-state index contributed by atoms with van der Waals surface area (Å²) in [6.45, 7) is 3.86. The van der Waals surface area contributed by atoms with Gasteiger partial charge in [0.25, 0.3) is 0 Å². The Morgan fingerprint density at radius 3 is 2.53 bits per heavy atom. The lowest BCUT2D eigenvalue weighted by atomic mass is 10.1. The highest BCUT2D eigenvalue weighted by Crippen LogP contribution is 2.33. The van der Waals surface area contributed by atoms with Crippen molar-refractivity contribution in [3.63, 3.8) is 0 Å². The first-order valence-electron chi connectivity index (χ1n) is 10.0.